The molecule has 0 saturated heterocycles. The summed E-state index contributed by atoms with van der Waals surface area (Å²) in [6.07, 6.45) is 0.996. The van der Waals surface area contributed by atoms with E-state index in [-0.39, 0.29) is 16.5 Å². The molecule has 0 fully saturated rings. The van der Waals surface area contributed by atoms with Crippen LogP contribution in [0, 0.1) is 19.8 Å². The quantitative estimate of drug-likeness (QED) is 0.182. The number of aromatic nitrogens is 4. The summed E-state index contributed by atoms with van der Waals surface area (Å²) in [5, 5.41) is 24.1. The molecule has 4 aromatic rings. The molecular weight excluding hydrogens is 619 g/mol. The van der Waals surface area contributed by atoms with Crippen molar-refractivity contribution in [3.8, 4) is 0 Å². The molecule has 45 heavy (non-hydrogen) atoms. The average molecular weight is 659 g/mol. The Bertz CT molecular complexity index is 1910. The lowest BCUT2D eigenvalue weighted by molar-refractivity contribution is -0.145. The van der Waals surface area contributed by atoms with Crippen LogP contribution in [-0.2, 0) is 31.2 Å². The number of nitrogens with two attached hydrogens (primary N) is 1. The van der Waals surface area contributed by atoms with E-state index in [4.69, 9.17) is 14.9 Å². The molecule has 2 aromatic carbocycles. The number of fused-ring (bicyclic) bond motifs is 1. The third-order valence-electron chi connectivity index (χ3n) is 8.02. The van der Waals surface area contributed by atoms with Crippen molar-refractivity contribution < 1.29 is 27.6 Å². The zero-order chi connectivity index (χ0) is 33.5. The number of hydrogen-bond acceptors (Lipinski definition) is 9. The van der Waals surface area contributed by atoms with Crippen LogP contribution in [0.25, 0.3) is 10.9 Å². The predicted molar refractivity (Wildman–Crippen MR) is 174 cm³/mol. The first-order chi connectivity index (χ1) is 20.9. The Balaban J connectivity index is 1.93. The van der Waals surface area contributed by atoms with E-state index in [0.717, 1.165) is 22.3 Å². The number of rotatable bonds is 12. The standard InChI is InChI=1S/C29H39N8O6PS/c1-18(2)29(5,27(38)39)34-44(40,17-43-8)37(22-10-9-19(3)25(16-22)45(30,41)42)28-31-14-13-26(32-28)35(6)21-11-12-23-20(4)36(7)33-24(23)15-21/h9-16,18H,17H2,1-8H3,(H,34,40)(H,38,39)(H2,30,41,42). The highest BCUT2D eigenvalue weighted by molar-refractivity contribution is 7.89. The molecule has 16 heteroatoms. The van der Waals surface area contributed by atoms with Gasteiger partial charge in [-0.2, -0.15) is 10.1 Å². The number of nitrogens with one attached hydrogen (secondary N) is 1. The Morgan fingerprint density at radius 2 is 1.84 bits per heavy atom. The zero-order valence-corrected chi connectivity index (χ0v) is 28.2. The van der Waals surface area contributed by atoms with Crippen molar-refractivity contribution in [2.45, 2.75) is 45.1 Å². The van der Waals surface area contributed by atoms with E-state index in [0.29, 0.717) is 11.4 Å². The van der Waals surface area contributed by atoms with Gasteiger partial charge in [-0.1, -0.05) is 19.9 Å². The van der Waals surface area contributed by atoms with Crippen LogP contribution in [-0.4, -0.2) is 65.3 Å². The van der Waals surface area contributed by atoms with E-state index in [1.54, 1.807) is 49.5 Å². The summed E-state index contributed by atoms with van der Waals surface area (Å²) in [5.74, 6) is -1.45. The number of sulfonamides is 1. The lowest BCUT2D eigenvalue weighted by Gasteiger charge is -2.39. The van der Waals surface area contributed by atoms with Gasteiger partial charge < -0.3 is 14.7 Å². The van der Waals surface area contributed by atoms with Crippen molar-refractivity contribution in [3.05, 3.63) is 59.9 Å². The number of anilines is 4. The van der Waals surface area contributed by atoms with Gasteiger partial charge in [-0.3, -0.25) is 14.0 Å². The van der Waals surface area contributed by atoms with Gasteiger partial charge in [0.1, 0.15) is 17.7 Å². The van der Waals surface area contributed by atoms with Crippen LogP contribution in [0.2, 0.25) is 0 Å². The van der Waals surface area contributed by atoms with Crippen LogP contribution in [0.1, 0.15) is 32.0 Å². The van der Waals surface area contributed by atoms with Crippen molar-refractivity contribution in [1.82, 2.24) is 24.8 Å². The molecule has 0 amide bonds. The number of aryl methyl sites for hydroxylation is 3. The van der Waals surface area contributed by atoms with Gasteiger partial charge in [-0.05, 0) is 68.7 Å². The number of hydrogen-bond donors (Lipinski definition) is 3. The van der Waals surface area contributed by atoms with E-state index in [2.05, 4.69) is 15.2 Å². The molecule has 0 aliphatic heterocycles. The summed E-state index contributed by atoms with van der Waals surface area (Å²) in [5.41, 5.74) is 1.35. The lowest BCUT2D eigenvalue weighted by atomic mass is 9.90. The van der Waals surface area contributed by atoms with E-state index in [1.807, 2.05) is 32.2 Å². The SMILES string of the molecule is COCP(=O)(NC(C)(C(=O)O)C(C)C)N(c1ccc(C)c(S(N)(=O)=O)c1)c1nccc(N(C)c2ccc3c(C)n(C)nc3c2)n1. The molecule has 14 nitrogen and oxygen atoms in total. The minimum atomic E-state index is -4.19. The molecule has 0 bridgehead atoms. The van der Waals surface area contributed by atoms with Crippen LogP contribution in [0.5, 0.6) is 0 Å². The summed E-state index contributed by atoms with van der Waals surface area (Å²) >= 11 is 0. The van der Waals surface area contributed by atoms with E-state index in [1.165, 1.54) is 37.0 Å². The van der Waals surface area contributed by atoms with Crippen molar-refractivity contribution >= 4 is 57.5 Å². The fraction of sp³-hybridized carbons (Fsp3) is 0.379. The lowest BCUT2D eigenvalue weighted by Crippen LogP contribution is -2.54. The smallest absolute Gasteiger partial charge is 0.324 e. The number of methoxy groups -OCH3 is 1. The van der Waals surface area contributed by atoms with Gasteiger partial charge in [0, 0.05) is 44.2 Å². The number of aliphatic carboxylic acids is 1. The highest BCUT2D eigenvalue weighted by atomic mass is 32.2. The summed E-state index contributed by atoms with van der Waals surface area (Å²) < 4.78 is 48.4. The first-order valence-electron chi connectivity index (χ1n) is 14.0. The van der Waals surface area contributed by atoms with Gasteiger partial charge in [0.25, 0.3) is 7.44 Å². The van der Waals surface area contributed by atoms with E-state index >= 15 is 4.57 Å². The van der Waals surface area contributed by atoms with Gasteiger partial charge in [-0.15, -0.1) is 0 Å². The minimum Gasteiger partial charge on any atom is -0.480 e. The van der Waals surface area contributed by atoms with Crippen LogP contribution < -0.4 is 19.8 Å². The number of carboxylic acid groups (broad SMARTS) is 1. The van der Waals surface area contributed by atoms with Gasteiger partial charge in [0.2, 0.25) is 16.0 Å². The highest BCUT2D eigenvalue weighted by Crippen LogP contribution is 2.54. The third kappa shape index (κ3) is 6.58. The van der Waals surface area contributed by atoms with Crippen LogP contribution in [0.4, 0.5) is 23.1 Å². The fourth-order valence-corrected chi connectivity index (χ4v) is 8.26. The van der Waals surface area contributed by atoms with Crippen LogP contribution in [0.3, 0.4) is 0 Å². The summed E-state index contributed by atoms with van der Waals surface area (Å²) in [6.45, 7) is 8.34. The fourth-order valence-electron chi connectivity index (χ4n) is 4.86. The number of ether oxygens (including phenoxy) is 1. The van der Waals surface area contributed by atoms with E-state index in [9.17, 15) is 18.3 Å². The third-order valence-corrected chi connectivity index (χ3v) is 11.5. The largest absolute Gasteiger partial charge is 0.480 e. The molecule has 2 aromatic heterocycles. The molecular formula is C29H39N8O6PS. The first kappa shape index (κ1) is 34.0. The second-order valence-corrected chi connectivity index (χ2v) is 15.2. The molecule has 0 aliphatic carbocycles. The normalized spacial score (nSPS) is 14.7. The van der Waals surface area contributed by atoms with Crippen molar-refractivity contribution in [3.63, 3.8) is 0 Å². The minimum absolute atomic E-state index is 0.0947. The van der Waals surface area contributed by atoms with Crippen LogP contribution >= 0.6 is 7.44 Å². The van der Waals surface area contributed by atoms with E-state index < -0.39 is 41.2 Å². The van der Waals surface area contributed by atoms with Crippen molar-refractivity contribution in [2.75, 3.05) is 30.1 Å². The summed E-state index contributed by atoms with van der Waals surface area (Å²) in [4.78, 5) is 23.2. The van der Waals surface area contributed by atoms with Gasteiger partial charge in [0.05, 0.1) is 16.1 Å². The summed E-state index contributed by atoms with van der Waals surface area (Å²) in [7, 11) is -3.35. The Hall–Kier alpha value is -3.88. The van der Waals surface area contributed by atoms with Crippen molar-refractivity contribution in [1.29, 1.82) is 0 Å². The molecule has 242 valence electrons. The molecule has 0 saturated carbocycles. The van der Waals surface area contributed by atoms with Gasteiger partial charge in [-0.25, -0.2) is 28.3 Å². The Labute approximate surface area is 262 Å². The second kappa shape index (κ2) is 12.5. The maximum atomic E-state index is 15.1. The van der Waals surface area contributed by atoms with Crippen LogP contribution in [0.15, 0.2) is 53.6 Å². The Morgan fingerprint density at radius 1 is 1.18 bits per heavy atom. The second-order valence-electron chi connectivity index (χ2n) is 11.4. The van der Waals surface area contributed by atoms with Gasteiger partial charge in [0.15, 0.2) is 0 Å². The number of carbonyl (C=O) groups is 1. The monoisotopic (exact) mass is 658 g/mol. The van der Waals surface area contributed by atoms with Crippen molar-refractivity contribution in [2.24, 2.45) is 18.1 Å². The average Bonchev–Trinajstić information content (AvgIpc) is 3.25. The number of nitrogens with zero attached hydrogens (tertiary/aromatic N) is 6. The van der Waals surface area contributed by atoms with Gasteiger partial charge >= 0.3 is 5.97 Å². The molecule has 4 rings (SSSR count). The molecule has 2 atom stereocenters. The number of carboxylic acids is 1. The predicted octanol–water partition coefficient (Wildman–Crippen LogP) is 4.42. The summed E-state index contributed by atoms with van der Waals surface area (Å²) in [6, 6.07) is 11.8. The molecule has 0 spiro atoms. The highest BCUT2D eigenvalue weighted by Gasteiger charge is 2.46. The topological polar surface area (TPSA) is 186 Å². The number of primary sulfonamides is 1. The molecule has 2 heterocycles. The first-order valence-corrected chi connectivity index (χ1v) is 17.4. The zero-order valence-electron chi connectivity index (χ0n) is 26.5. The molecule has 2 unspecified atom stereocenters. The molecule has 0 radical (unpaired) electrons. The number of benzene rings is 2. The molecule has 0 aliphatic rings. The Morgan fingerprint density at radius 3 is 2.44 bits per heavy atom. The maximum absolute atomic E-state index is 15.1. The molecule has 4 N–H and O–H groups in total. The Kier molecular flexibility index (Phi) is 9.44. The maximum Gasteiger partial charge on any atom is 0.324 e.